The van der Waals surface area contributed by atoms with E-state index in [0.29, 0.717) is 30.6 Å². The summed E-state index contributed by atoms with van der Waals surface area (Å²) in [5, 5.41) is 0. The Kier molecular flexibility index (Phi) is 2.51. The van der Waals surface area contributed by atoms with Gasteiger partial charge in [-0.3, -0.25) is 14.5 Å². The summed E-state index contributed by atoms with van der Waals surface area (Å²) in [6.07, 6.45) is 0.644. The van der Waals surface area contributed by atoms with Crippen LogP contribution in [0.4, 0.5) is 0 Å². The van der Waals surface area contributed by atoms with Gasteiger partial charge in [0, 0.05) is 6.54 Å². The number of benzene rings is 1. The molecule has 2 N–H and O–H groups in total. The van der Waals surface area contributed by atoms with Crippen LogP contribution in [-0.4, -0.2) is 29.8 Å². The summed E-state index contributed by atoms with van der Waals surface area (Å²) < 4.78 is 0. The van der Waals surface area contributed by atoms with Gasteiger partial charge in [0.1, 0.15) is 0 Å². The van der Waals surface area contributed by atoms with Crippen LogP contribution in [0, 0.1) is 0 Å². The molecule has 4 heteroatoms. The second-order valence-electron chi connectivity index (χ2n) is 3.45. The van der Waals surface area contributed by atoms with E-state index >= 15 is 0 Å². The summed E-state index contributed by atoms with van der Waals surface area (Å²) in [6, 6.07) is 6.88. The van der Waals surface area contributed by atoms with Gasteiger partial charge in [0.15, 0.2) is 0 Å². The molecule has 1 heterocycles. The van der Waals surface area contributed by atoms with E-state index in [2.05, 4.69) is 0 Å². The minimum atomic E-state index is -0.205. The van der Waals surface area contributed by atoms with E-state index in [-0.39, 0.29) is 11.8 Å². The van der Waals surface area contributed by atoms with Crippen LogP contribution in [0.3, 0.4) is 0 Å². The van der Waals surface area contributed by atoms with Crippen molar-refractivity contribution >= 4 is 11.8 Å². The standard InChI is InChI=1S/C11H12N2O2/c12-6-3-7-13-10(14)8-4-1-2-5-9(8)11(13)15/h1-2,4-5H,3,6-7,12H2. The third-order valence-corrected chi connectivity index (χ3v) is 2.46. The van der Waals surface area contributed by atoms with Gasteiger partial charge in [-0.1, -0.05) is 12.1 Å². The number of fused-ring (bicyclic) bond motifs is 1. The first kappa shape index (κ1) is 9.86. The summed E-state index contributed by atoms with van der Waals surface area (Å²) in [5.74, 6) is -0.409. The smallest absolute Gasteiger partial charge is 0.261 e. The van der Waals surface area contributed by atoms with Gasteiger partial charge in [0.25, 0.3) is 11.8 Å². The number of carbonyl (C=O) groups excluding carboxylic acids is 2. The summed E-state index contributed by atoms with van der Waals surface area (Å²) in [5.41, 5.74) is 6.35. The SMILES string of the molecule is NCCCN1C(=O)c2ccccc2C1=O. The number of rotatable bonds is 3. The average molecular weight is 204 g/mol. The van der Waals surface area contributed by atoms with Crippen molar-refractivity contribution in [2.24, 2.45) is 5.73 Å². The maximum Gasteiger partial charge on any atom is 0.261 e. The van der Waals surface area contributed by atoms with Crippen molar-refractivity contribution in [3.63, 3.8) is 0 Å². The van der Waals surface area contributed by atoms with Crippen molar-refractivity contribution in [3.05, 3.63) is 35.4 Å². The predicted octanol–water partition coefficient (Wildman–Crippen LogP) is 0.631. The maximum atomic E-state index is 11.8. The number of amides is 2. The lowest BCUT2D eigenvalue weighted by atomic mass is 10.1. The fourth-order valence-electron chi connectivity index (χ4n) is 1.69. The molecule has 2 rings (SSSR count). The summed E-state index contributed by atoms with van der Waals surface area (Å²) in [4.78, 5) is 24.8. The largest absolute Gasteiger partial charge is 0.330 e. The zero-order valence-corrected chi connectivity index (χ0v) is 8.27. The highest BCUT2D eigenvalue weighted by Crippen LogP contribution is 2.22. The number of nitrogens with zero attached hydrogens (tertiary/aromatic N) is 1. The Labute approximate surface area is 87.7 Å². The molecule has 1 aliphatic heterocycles. The first-order valence-corrected chi connectivity index (χ1v) is 4.91. The number of hydrogen-bond acceptors (Lipinski definition) is 3. The van der Waals surface area contributed by atoms with Gasteiger partial charge in [-0.25, -0.2) is 0 Å². The number of imide groups is 1. The highest BCUT2D eigenvalue weighted by atomic mass is 16.2. The molecule has 0 radical (unpaired) electrons. The molecule has 0 aromatic heterocycles. The van der Waals surface area contributed by atoms with Crippen LogP contribution < -0.4 is 5.73 Å². The molecular formula is C11H12N2O2. The monoisotopic (exact) mass is 204 g/mol. The minimum absolute atomic E-state index is 0.205. The molecule has 78 valence electrons. The van der Waals surface area contributed by atoms with Gasteiger partial charge in [-0.05, 0) is 25.1 Å². The molecular weight excluding hydrogens is 192 g/mol. The Morgan fingerprint density at radius 1 is 1.07 bits per heavy atom. The molecule has 0 bridgehead atoms. The molecule has 0 saturated heterocycles. The Hall–Kier alpha value is -1.68. The molecule has 1 aromatic carbocycles. The van der Waals surface area contributed by atoms with E-state index in [9.17, 15) is 9.59 Å². The van der Waals surface area contributed by atoms with Crippen LogP contribution >= 0.6 is 0 Å². The minimum Gasteiger partial charge on any atom is -0.330 e. The Morgan fingerprint density at radius 3 is 2.07 bits per heavy atom. The van der Waals surface area contributed by atoms with Gasteiger partial charge in [-0.15, -0.1) is 0 Å². The Bertz CT molecular complexity index is 380. The summed E-state index contributed by atoms with van der Waals surface area (Å²) in [7, 11) is 0. The molecule has 2 amide bonds. The second-order valence-corrected chi connectivity index (χ2v) is 3.45. The zero-order chi connectivity index (χ0) is 10.8. The van der Waals surface area contributed by atoms with Crippen molar-refractivity contribution in [2.45, 2.75) is 6.42 Å². The molecule has 0 fully saturated rings. The van der Waals surface area contributed by atoms with E-state index < -0.39 is 0 Å². The third-order valence-electron chi connectivity index (χ3n) is 2.46. The molecule has 0 atom stereocenters. The fourth-order valence-corrected chi connectivity index (χ4v) is 1.69. The molecule has 1 aromatic rings. The number of carbonyl (C=O) groups is 2. The second kappa shape index (κ2) is 3.82. The van der Waals surface area contributed by atoms with Crippen molar-refractivity contribution in [1.29, 1.82) is 0 Å². The van der Waals surface area contributed by atoms with Crippen molar-refractivity contribution in [1.82, 2.24) is 4.90 Å². The first-order chi connectivity index (χ1) is 7.25. The van der Waals surface area contributed by atoms with Gasteiger partial charge in [0.2, 0.25) is 0 Å². The van der Waals surface area contributed by atoms with Crippen molar-refractivity contribution in [2.75, 3.05) is 13.1 Å². The van der Waals surface area contributed by atoms with Crippen LogP contribution in [0.5, 0.6) is 0 Å². The van der Waals surface area contributed by atoms with E-state index in [4.69, 9.17) is 5.73 Å². The molecule has 15 heavy (non-hydrogen) atoms. The number of hydrogen-bond donors (Lipinski definition) is 1. The quantitative estimate of drug-likeness (QED) is 0.734. The topological polar surface area (TPSA) is 63.4 Å². The van der Waals surface area contributed by atoms with Crippen LogP contribution in [-0.2, 0) is 0 Å². The van der Waals surface area contributed by atoms with Crippen LogP contribution in [0.25, 0.3) is 0 Å². The van der Waals surface area contributed by atoms with E-state index in [1.807, 2.05) is 0 Å². The molecule has 4 nitrogen and oxygen atoms in total. The van der Waals surface area contributed by atoms with Gasteiger partial charge < -0.3 is 5.73 Å². The van der Waals surface area contributed by atoms with Crippen molar-refractivity contribution < 1.29 is 9.59 Å². The molecule has 0 unspecified atom stereocenters. The lowest BCUT2D eigenvalue weighted by Crippen LogP contribution is -2.31. The lowest BCUT2D eigenvalue weighted by molar-refractivity contribution is 0.0653. The fraction of sp³-hybridized carbons (Fsp3) is 0.273. The van der Waals surface area contributed by atoms with Crippen molar-refractivity contribution in [3.8, 4) is 0 Å². The molecule has 1 aliphatic rings. The Balaban J connectivity index is 2.29. The van der Waals surface area contributed by atoms with Crippen LogP contribution in [0.1, 0.15) is 27.1 Å². The molecule has 0 aliphatic carbocycles. The maximum absolute atomic E-state index is 11.8. The predicted molar refractivity (Wildman–Crippen MR) is 55.5 cm³/mol. The summed E-state index contributed by atoms with van der Waals surface area (Å²) >= 11 is 0. The average Bonchev–Trinajstić information content (AvgIpc) is 2.51. The van der Waals surface area contributed by atoms with Gasteiger partial charge in [-0.2, -0.15) is 0 Å². The normalized spacial score (nSPS) is 14.6. The highest BCUT2D eigenvalue weighted by molar-refractivity contribution is 6.21. The van der Waals surface area contributed by atoms with Crippen LogP contribution in [0.2, 0.25) is 0 Å². The zero-order valence-electron chi connectivity index (χ0n) is 8.27. The lowest BCUT2D eigenvalue weighted by Gasteiger charge is -2.12. The van der Waals surface area contributed by atoms with E-state index in [1.54, 1.807) is 24.3 Å². The Morgan fingerprint density at radius 2 is 1.60 bits per heavy atom. The van der Waals surface area contributed by atoms with Gasteiger partial charge in [0.05, 0.1) is 11.1 Å². The van der Waals surface area contributed by atoms with Crippen LogP contribution in [0.15, 0.2) is 24.3 Å². The summed E-state index contributed by atoms with van der Waals surface area (Å²) in [6.45, 7) is 0.885. The van der Waals surface area contributed by atoms with Gasteiger partial charge >= 0.3 is 0 Å². The highest BCUT2D eigenvalue weighted by Gasteiger charge is 2.34. The molecule has 0 spiro atoms. The van der Waals surface area contributed by atoms with E-state index in [1.165, 1.54) is 4.90 Å². The van der Waals surface area contributed by atoms with E-state index in [0.717, 1.165) is 0 Å². The first-order valence-electron chi connectivity index (χ1n) is 4.91. The number of nitrogens with two attached hydrogens (primary N) is 1. The molecule has 0 saturated carbocycles. The third kappa shape index (κ3) is 1.53.